The summed E-state index contributed by atoms with van der Waals surface area (Å²) in [6.07, 6.45) is 4.25. The first kappa shape index (κ1) is 16.7. The van der Waals surface area contributed by atoms with Crippen LogP contribution in [0.1, 0.15) is 29.0 Å². The van der Waals surface area contributed by atoms with Crippen LogP contribution in [0, 0.1) is 5.92 Å². The number of hydrogen-bond acceptors (Lipinski definition) is 5. The average molecular weight is 355 g/mol. The van der Waals surface area contributed by atoms with Crippen LogP contribution < -0.4 is 5.32 Å². The number of aromatic nitrogens is 3. The van der Waals surface area contributed by atoms with Gasteiger partial charge in [0.25, 0.3) is 5.91 Å². The molecular formula is C18H21N5O3. The molecule has 3 atom stereocenters. The van der Waals surface area contributed by atoms with Crippen LogP contribution in [0.2, 0.25) is 0 Å². The van der Waals surface area contributed by atoms with E-state index in [0.717, 1.165) is 12.1 Å². The summed E-state index contributed by atoms with van der Waals surface area (Å²) in [4.78, 5) is 30.8. The van der Waals surface area contributed by atoms with Gasteiger partial charge < -0.3 is 15.0 Å². The molecule has 136 valence electrons. The molecule has 2 aromatic rings. The number of pyridine rings is 1. The fraction of sp³-hybridized carbons (Fsp3) is 0.444. The number of H-pyrrole nitrogens is 1. The first-order valence-electron chi connectivity index (χ1n) is 8.82. The van der Waals surface area contributed by atoms with E-state index in [2.05, 4.69) is 20.5 Å². The van der Waals surface area contributed by atoms with Gasteiger partial charge in [-0.25, -0.2) is 0 Å². The Morgan fingerprint density at radius 1 is 1.31 bits per heavy atom. The highest BCUT2D eigenvalue weighted by Gasteiger charge is 2.42. The number of likely N-dealkylation sites (tertiary alicyclic amines) is 1. The monoisotopic (exact) mass is 355 g/mol. The molecule has 0 spiro atoms. The Kier molecular flexibility index (Phi) is 4.66. The van der Waals surface area contributed by atoms with Crippen molar-refractivity contribution in [2.24, 2.45) is 5.92 Å². The van der Waals surface area contributed by atoms with Gasteiger partial charge in [0.2, 0.25) is 5.91 Å². The molecule has 2 saturated heterocycles. The lowest BCUT2D eigenvalue weighted by atomic mass is 9.91. The molecule has 8 heteroatoms. The number of ether oxygens (including phenoxy) is 1. The van der Waals surface area contributed by atoms with E-state index in [1.54, 1.807) is 23.4 Å². The number of aromatic amines is 1. The normalized spacial score (nSPS) is 24.9. The van der Waals surface area contributed by atoms with E-state index >= 15 is 0 Å². The van der Waals surface area contributed by atoms with Gasteiger partial charge in [0.1, 0.15) is 11.8 Å². The summed E-state index contributed by atoms with van der Waals surface area (Å²) < 4.78 is 5.96. The minimum Gasteiger partial charge on any atom is -0.363 e. The van der Waals surface area contributed by atoms with Crippen molar-refractivity contribution in [3.05, 3.63) is 48.0 Å². The van der Waals surface area contributed by atoms with Gasteiger partial charge in [0.15, 0.2) is 0 Å². The summed E-state index contributed by atoms with van der Waals surface area (Å²) in [6, 6.07) is 7.26. The molecule has 2 aromatic heterocycles. The van der Waals surface area contributed by atoms with Crippen molar-refractivity contribution < 1.29 is 14.3 Å². The van der Waals surface area contributed by atoms with Crippen LogP contribution >= 0.6 is 0 Å². The van der Waals surface area contributed by atoms with Gasteiger partial charge >= 0.3 is 0 Å². The highest BCUT2D eigenvalue weighted by atomic mass is 16.5. The standard InChI is InChI=1S/C18H21N5O3/c24-17(20-10-13-3-1-2-6-19-13)15-9-12-5-8-23(11-16(12)26-15)18(25)14-4-7-21-22-14/h1-4,6-7,12,15-16H,5,8-11H2,(H,20,24)(H,21,22)/t12-,15-,16+/m0/s1. The molecule has 0 aromatic carbocycles. The third-order valence-corrected chi connectivity index (χ3v) is 5.03. The van der Waals surface area contributed by atoms with Crippen molar-refractivity contribution in [2.45, 2.75) is 31.6 Å². The quantitative estimate of drug-likeness (QED) is 0.843. The van der Waals surface area contributed by atoms with Crippen molar-refractivity contribution in [2.75, 3.05) is 13.1 Å². The van der Waals surface area contributed by atoms with Gasteiger partial charge in [-0.3, -0.25) is 19.7 Å². The molecule has 2 aliphatic heterocycles. The van der Waals surface area contributed by atoms with Crippen LogP contribution in [0.15, 0.2) is 36.7 Å². The maximum absolute atomic E-state index is 12.4. The van der Waals surface area contributed by atoms with Crippen LogP contribution in [-0.2, 0) is 16.1 Å². The van der Waals surface area contributed by atoms with Crippen LogP contribution in [0.25, 0.3) is 0 Å². The molecule has 4 rings (SSSR count). The molecular weight excluding hydrogens is 334 g/mol. The zero-order chi connectivity index (χ0) is 17.9. The van der Waals surface area contributed by atoms with Gasteiger partial charge in [-0.15, -0.1) is 0 Å². The predicted molar refractivity (Wildman–Crippen MR) is 92.0 cm³/mol. The van der Waals surface area contributed by atoms with E-state index in [4.69, 9.17) is 4.74 Å². The summed E-state index contributed by atoms with van der Waals surface area (Å²) >= 11 is 0. The molecule has 2 aliphatic rings. The van der Waals surface area contributed by atoms with Gasteiger partial charge in [0, 0.05) is 25.5 Å². The SMILES string of the molecule is O=C(NCc1ccccn1)[C@@H]1C[C@@H]2CCN(C(=O)c3ccn[nH]3)C[C@H]2O1. The molecule has 0 unspecified atom stereocenters. The summed E-state index contributed by atoms with van der Waals surface area (Å²) in [6.45, 7) is 1.57. The van der Waals surface area contributed by atoms with Crippen LogP contribution in [0.3, 0.4) is 0 Å². The zero-order valence-corrected chi connectivity index (χ0v) is 14.3. The predicted octanol–water partition coefficient (Wildman–Crippen LogP) is 0.741. The highest BCUT2D eigenvalue weighted by Crippen LogP contribution is 2.33. The van der Waals surface area contributed by atoms with Crippen molar-refractivity contribution in [1.82, 2.24) is 25.4 Å². The van der Waals surface area contributed by atoms with E-state index in [0.29, 0.717) is 37.7 Å². The largest absolute Gasteiger partial charge is 0.363 e. The molecule has 0 aliphatic carbocycles. The molecule has 26 heavy (non-hydrogen) atoms. The minimum atomic E-state index is -0.462. The lowest BCUT2D eigenvalue weighted by Crippen LogP contribution is -2.45. The summed E-state index contributed by atoms with van der Waals surface area (Å²) in [7, 11) is 0. The second kappa shape index (κ2) is 7.25. The topological polar surface area (TPSA) is 100 Å². The maximum atomic E-state index is 12.4. The molecule has 2 amide bonds. The molecule has 8 nitrogen and oxygen atoms in total. The Morgan fingerprint density at radius 2 is 2.23 bits per heavy atom. The van der Waals surface area contributed by atoms with Crippen LogP contribution in [-0.4, -0.2) is 57.2 Å². The second-order valence-corrected chi connectivity index (χ2v) is 6.71. The van der Waals surface area contributed by atoms with Crippen molar-refractivity contribution in [1.29, 1.82) is 0 Å². The van der Waals surface area contributed by atoms with Gasteiger partial charge in [-0.2, -0.15) is 5.10 Å². The molecule has 0 saturated carbocycles. The number of rotatable bonds is 4. The average Bonchev–Trinajstić information content (AvgIpc) is 3.35. The third-order valence-electron chi connectivity index (χ3n) is 5.03. The first-order valence-corrected chi connectivity index (χ1v) is 8.82. The Bertz CT molecular complexity index is 764. The number of hydrogen-bond donors (Lipinski definition) is 2. The van der Waals surface area contributed by atoms with Crippen molar-refractivity contribution in [3.8, 4) is 0 Å². The van der Waals surface area contributed by atoms with E-state index in [9.17, 15) is 9.59 Å². The smallest absolute Gasteiger partial charge is 0.271 e. The van der Waals surface area contributed by atoms with E-state index in [1.807, 2.05) is 18.2 Å². The van der Waals surface area contributed by atoms with Gasteiger partial charge in [0.05, 0.1) is 18.3 Å². The van der Waals surface area contributed by atoms with Gasteiger partial charge in [-0.05, 0) is 37.0 Å². The number of nitrogens with one attached hydrogen (secondary N) is 2. The third kappa shape index (κ3) is 3.45. The first-order chi connectivity index (χ1) is 12.7. The number of carbonyl (C=O) groups is 2. The Labute approximate surface area is 150 Å². The Morgan fingerprint density at radius 3 is 3.00 bits per heavy atom. The van der Waals surface area contributed by atoms with Crippen LogP contribution in [0.5, 0.6) is 0 Å². The number of carbonyl (C=O) groups excluding carboxylic acids is 2. The summed E-state index contributed by atoms with van der Waals surface area (Å²) in [5.41, 5.74) is 1.29. The van der Waals surface area contributed by atoms with E-state index in [1.165, 1.54) is 0 Å². The van der Waals surface area contributed by atoms with Gasteiger partial charge in [-0.1, -0.05) is 6.07 Å². The highest BCUT2D eigenvalue weighted by molar-refractivity contribution is 5.92. The minimum absolute atomic E-state index is 0.0763. The Balaban J connectivity index is 1.31. The molecule has 4 heterocycles. The second-order valence-electron chi connectivity index (χ2n) is 6.71. The lowest BCUT2D eigenvalue weighted by Gasteiger charge is -2.33. The van der Waals surface area contributed by atoms with Crippen molar-refractivity contribution >= 4 is 11.8 Å². The van der Waals surface area contributed by atoms with E-state index in [-0.39, 0.29) is 17.9 Å². The molecule has 0 radical (unpaired) electrons. The zero-order valence-electron chi connectivity index (χ0n) is 14.3. The fourth-order valence-electron chi connectivity index (χ4n) is 3.62. The maximum Gasteiger partial charge on any atom is 0.271 e. The molecule has 2 N–H and O–H groups in total. The summed E-state index contributed by atoms with van der Waals surface area (Å²) in [5.74, 6) is 0.121. The summed E-state index contributed by atoms with van der Waals surface area (Å²) in [5, 5.41) is 9.41. The molecule has 2 fully saturated rings. The number of nitrogens with zero attached hydrogens (tertiary/aromatic N) is 3. The fourth-order valence-corrected chi connectivity index (χ4v) is 3.62. The molecule has 0 bridgehead atoms. The van der Waals surface area contributed by atoms with Crippen molar-refractivity contribution in [3.63, 3.8) is 0 Å². The Hall–Kier alpha value is -2.74. The van der Waals surface area contributed by atoms with E-state index < -0.39 is 6.10 Å². The number of fused-ring (bicyclic) bond motifs is 1. The lowest BCUT2D eigenvalue weighted by molar-refractivity contribution is -0.132. The number of amides is 2. The number of piperidine rings is 1. The van der Waals surface area contributed by atoms with Crippen LogP contribution in [0.4, 0.5) is 0 Å².